The number of pyridine rings is 1. The van der Waals surface area contributed by atoms with E-state index in [1.807, 2.05) is 55.3 Å². The van der Waals surface area contributed by atoms with Gasteiger partial charge >= 0.3 is 0 Å². The first-order valence-electron chi connectivity index (χ1n) is 19.9. The van der Waals surface area contributed by atoms with Crippen LogP contribution in [-0.2, 0) is 9.59 Å². The van der Waals surface area contributed by atoms with Gasteiger partial charge < -0.3 is 24.8 Å². The van der Waals surface area contributed by atoms with Gasteiger partial charge in [0, 0.05) is 80.8 Å². The first-order chi connectivity index (χ1) is 26.4. The van der Waals surface area contributed by atoms with Crippen LogP contribution in [0.2, 0.25) is 0 Å². The van der Waals surface area contributed by atoms with Crippen LogP contribution < -0.4 is 25.4 Å². The molecule has 55 heavy (non-hydrogen) atoms. The molecular weight excluding hydrogens is 693 g/mol. The molecule has 2 amide bonds. The molecule has 4 aliphatic rings. The predicted octanol–water partition coefficient (Wildman–Crippen LogP) is 6.01. The molecule has 0 spiro atoms. The van der Waals surface area contributed by atoms with Gasteiger partial charge in [0.1, 0.15) is 5.75 Å². The second kappa shape index (κ2) is 14.9. The van der Waals surface area contributed by atoms with Crippen molar-refractivity contribution in [3.05, 3.63) is 70.6 Å². The molecular formula is C43H54N8O4. The van der Waals surface area contributed by atoms with Crippen LogP contribution in [-0.4, -0.2) is 96.1 Å². The van der Waals surface area contributed by atoms with E-state index in [0.717, 1.165) is 59.7 Å². The lowest BCUT2D eigenvalue weighted by molar-refractivity contribution is -0.135. The van der Waals surface area contributed by atoms with E-state index < -0.39 is 0 Å². The highest BCUT2D eigenvalue weighted by molar-refractivity contribution is 5.96. The molecule has 2 aliphatic heterocycles. The van der Waals surface area contributed by atoms with Gasteiger partial charge in [0.2, 0.25) is 17.8 Å². The van der Waals surface area contributed by atoms with Crippen LogP contribution >= 0.6 is 0 Å². The Morgan fingerprint density at radius 3 is 2.40 bits per heavy atom. The third-order valence-corrected chi connectivity index (χ3v) is 12.5. The number of anilines is 4. The Kier molecular flexibility index (Phi) is 10.0. The van der Waals surface area contributed by atoms with Crippen LogP contribution in [0.15, 0.2) is 59.5 Å². The molecule has 2 aromatic carbocycles. The number of carbonyl (C=O) groups is 2. The molecule has 2 aromatic heterocycles. The summed E-state index contributed by atoms with van der Waals surface area (Å²) in [5, 5.41) is 4.07. The number of nitrogens with zero attached hydrogens (tertiary/aromatic N) is 7. The maximum atomic E-state index is 13.6. The number of piperazine rings is 2. The lowest BCUT2D eigenvalue weighted by Crippen LogP contribution is -2.50. The second-order valence-corrected chi connectivity index (χ2v) is 17.1. The molecule has 2 unspecified atom stereocenters. The third-order valence-electron chi connectivity index (χ3n) is 12.5. The molecule has 0 radical (unpaired) electrons. The first-order valence-corrected chi connectivity index (χ1v) is 19.9. The van der Waals surface area contributed by atoms with E-state index in [0.29, 0.717) is 67.2 Å². The number of carbonyl (C=O) groups excluding carboxylic acids is 2. The Bertz CT molecular complexity index is 2140. The van der Waals surface area contributed by atoms with Crippen molar-refractivity contribution in [2.24, 2.45) is 23.2 Å². The molecule has 4 heterocycles. The number of aromatic nitrogens is 3. The summed E-state index contributed by atoms with van der Waals surface area (Å²) in [7, 11) is 3.58. The summed E-state index contributed by atoms with van der Waals surface area (Å²) in [6, 6.07) is 15.1. The van der Waals surface area contributed by atoms with Gasteiger partial charge in [-0.15, -0.1) is 0 Å². The fourth-order valence-corrected chi connectivity index (χ4v) is 10.1. The van der Waals surface area contributed by atoms with Crippen molar-refractivity contribution in [2.45, 2.75) is 59.3 Å². The molecule has 12 heteroatoms. The molecule has 1 N–H and O–H groups in total. The van der Waals surface area contributed by atoms with Crippen LogP contribution in [0.3, 0.4) is 0 Å². The fraction of sp³-hybridized carbons (Fsp3) is 0.512. The van der Waals surface area contributed by atoms with Crippen LogP contribution in [0, 0.1) is 30.1 Å². The number of aryl methyl sites for hydroxylation is 1. The number of rotatable bonds is 8. The van der Waals surface area contributed by atoms with Crippen molar-refractivity contribution in [3.8, 4) is 11.4 Å². The van der Waals surface area contributed by atoms with Crippen molar-refractivity contribution in [1.82, 2.24) is 24.3 Å². The number of nitrogens with one attached hydrogen (secondary N) is 1. The Balaban J connectivity index is 0.967. The van der Waals surface area contributed by atoms with Crippen molar-refractivity contribution < 1.29 is 14.3 Å². The lowest BCUT2D eigenvalue weighted by atomic mass is 9.58. The second-order valence-electron chi connectivity index (χ2n) is 17.1. The summed E-state index contributed by atoms with van der Waals surface area (Å²) in [5.41, 5.74) is 4.22. The minimum absolute atomic E-state index is 0.0221. The van der Waals surface area contributed by atoms with E-state index in [4.69, 9.17) is 9.72 Å². The van der Waals surface area contributed by atoms with Gasteiger partial charge in [0.15, 0.2) is 5.65 Å². The van der Waals surface area contributed by atoms with Gasteiger partial charge in [-0.25, -0.2) is 4.98 Å². The third kappa shape index (κ3) is 7.65. The number of ether oxygens (including phenoxy) is 1. The van der Waals surface area contributed by atoms with E-state index >= 15 is 0 Å². The molecule has 2 bridgehead atoms. The van der Waals surface area contributed by atoms with Crippen molar-refractivity contribution in [3.63, 3.8) is 0 Å². The number of fused-ring (bicyclic) bond motifs is 3. The maximum absolute atomic E-state index is 13.6. The monoisotopic (exact) mass is 746 g/mol. The first kappa shape index (κ1) is 37.0. The topological polar surface area (TPSA) is 116 Å². The average molecular weight is 747 g/mol. The molecule has 2 aliphatic carbocycles. The van der Waals surface area contributed by atoms with Crippen LogP contribution in [0.25, 0.3) is 16.7 Å². The molecule has 2 atom stereocenters. The highest BCUT2D eigenvalue weighted by Crippen LogP contribution is 2.51. The van der Waals surface area contributed by atoms with Gasteiger partial charge in [-0.3, -0.25) is 23.9 Å². The largest absolute Gasteiger partial charge is 0.494 e. The Labute approximate surface area is 323 Å². The highest BCUT2D eigenvalue weighted by Gasteiger charge is 2.42. The molecule has 4 aromatic rings. The molecule has 2 saturated heterocycles. The predicted molar refractivity (Wildman–Crippen MR) is 217 cm³/mol. The van der Waals surface area contributed by atoms with E-state index in [-0.39, 0.29) is 16.9 Å². The van der Waals surface area contributed by atoms with Gasteiger partial charge in [-0.2, -0.15) is 4.98 Å². The van der Waals surface area contributed by atoms with Gasteiger partial charge in [0.25, 0.3) is 5.56 Å². The molecule has 8 rings (SSSR count). The average Bonchev–Trinajstić information content (AvgIpc) is 3.14. The normalized spacial score (nSPS) is 24.6. The van der Waals surface area contributed by atoms with E-state index in [1.165, 1.54) is 32.1 Å². The molecule has 2 saturated carbocycles. The number of benzene rings is 2. The number of hydrogen-bond donors (Lipinski definition) is 1. The van der Waals surface area contributed by atoms with Gasteiger partial charge in [0.05, 0.1) is 25.0 Å². The summed E-state index contributed by atoms with van der Waals surface area (Å²) in [4.78, 5) is 57.6. The number of methoxy groups -OCH3 is 1. The van der Waals surface area contributed by atoms with E-state index in [1.54, 1.807) is 28.8 Å². The van der Waals surface area contributed by atoms with Crippen molar-refractivity contribution in [1.29, 1.82) is 0 Å². The molecule has 12 nitrogen and oxygen atoms in total. The van der Waals surface area contributed by atoms with Gasteiger partial charge in [-0.1, -0.05) is 19.9 Å². The maximum Gasteiger partial charge on any atom is 0.257 e. The van der Waals surface area contributed by atoms with Crippen LogP contribution in [0.5, 0.6) is 5.75 Å². The zero-order valence-corrected chi connectivity index (χ0v) is 32.9. The summed E-state index contributed by atoms with van der Waals surface area (Å²) < 4.78 is 7.42. The minimum atomic E-state index is -0.222. The van der Waals surface area contributed by atoms with Crippen molar-refractivity contribution >= 4 is 45.9 Å². The number of amides is 2. The minimum Gasteiger partial charge on any atom is -0.494 e. The zero-order chi connectivity index (χ0) is 38.4. The summed E-state index contributed by atoms with van der Waals surface area (Å²) in [6.07, 6.45) is 8.79. The smallest absolute Gasteiger partial charge is 0.257 e. The Morgan fingerprint density at radius 2 is 1.67 bits per heavy atom. The number of likely N-dealkylation sites (N-methyl/N-ethyl adjacent to an activating group) is 1. The van der Waals surface area contributed by atoms with E-state index in [2.05, 4.69) is 40.0 Å². The number of hydrogen-bond acceptors (Lipinski definition) is 9. The molecule has 4 fully saturated rings. The van der Waals surface area contributed by atoms with E-state index in [9.17, 15) is 14.4 Å². The van der Waals surface area contributed by atoms with Crippen LogP contribution in [0.1, 0.15) is 57.9 Å². The quantitative estimate of drug-likeness (QED) is 0.232. The molecule has 290 valence electrons. The van der Waals surface area contributed by atoms with Crippen LogP contribution in [0.4, 0.5) is 23.0 Å². The highest BCUT2D eigenvalue weighted by atomic mass is 16.5. The fourth-order valence-electron chi connectivity index (χ4n) is 10.1. The summed E-state index contributed by atoms with van der Waals surface area (Å²) >= 11 is 0. The lowest BCUT2D eigenvalue weighted by Gasteiger charge is -2.48. The Hall–Kier alpha value is -4.97. The summed E-state index contributed by atoms with van der Waals surface area (Å²) in [5.74, 6) is 3.68. The Morgan fingerprint density at radius 1 is 0.927 bits per heavy atom. The van der Waals surface area contributed by atoms with Gasteiger partial charge in [-0.05, 0) is 105 Å². The standard InChI is InChI=1S/C43H54N8O4/c1-28-17-30-20-31(18-28)24-43(3,23-30)25-39(53)49-14-12-48(13-15-49)32-9-10-36(37(22-32)55-5)45-42-44-26-35-29(2)19-38(52)51(41(35)46-42)34-8-6-7-33(21-34)50-16-11-47(4)27-40(50)54/h6-10,19,21-22,26,28,30-31H,11-18,20,23-25,27H2,1-5H3,(H,44,45,46). The SMILES string of the molecule is COc1cc(N2CCN(C(=O)CC3(C)CC4CC(C)CC(C4)C3)CC2)ccc1Nc1ncc2c(C)cc(=O)n(-c3cccc(N4CCN(C)CC4=O)c3)c2n1. The van der Waals surface area contributed by atoms with Crippen molar-refractivity contribution in [2.75, 3.05) is 75.1 Å². The zero-order valence-electron chi connectivity index (χ0n) is 32.9. The summed E-state index contributed by atoms with van der Waals surface area (Å²) in [6.45, 7) is 11.3.